The summed E-state index contributed by atoms with van der Waals surface area (Å²) in [7, 11) is 1.89. The molecule has 1 atom stereocenters. The molecule has 128 valence electrons. The van der Waals surface area contributed by atoms with Crippen LogP contribution in [0.1, 0.15) is 49.2 Å². The van der Waals surface area contributed by atoms with Gasteiger partial charge in [0.25, 0.3) is 0 Å². The lowest BCUT2D eigenvalue weighted by atomic mass is 9.94. The van der Waals surface area contributed by atoms with Crippen LogP contribution in [-0.4, -0.2) is 28.4 Å². The van der Waals surface area contributed by atoms with E-state index in [0.717, 1.165) is 36.4 Å². The number of aromatic nitrogens is 1. The maximum Gasteiger partial charge on any atom is 0.248 e. The Morgan fingerprint density at radius 1 is 1.29 bits per heavy atom. The SMILES string of the molecule is Cc1ccc(NC2(C(=O)N(C)[C@@H](C)c3nccs3)CCCC2)cc1. The van der Waals surface area contributed by atoms with Gasteiger partial charge in [0.05, 0.1) is 6.04 Å². The van der Waals surface area contributed by atoms with Crippen molar-refractivity contribution in [3.05, 3.63) is 46.4 Å². The molecule has 2 aromatic rings. The van der Waals surface area contributed by atoms with E-state index in [0.29, 0.717) is 0 Å². The Labute approximate surface area is 147 Å². The Balaban J connectivity index is 1.81. The maximum atomic E-state index is 13.3. The molecule has 24 heavy (non-hydrogen) atoms. The number of nitrogens with zero attached hydrogens (tertiary/aromatic N) is 2. The average Bonchev–Trinajstić information content (AvgIpc) is 3.27. The molecule has 0 bridgehead atoms. The number of amides is 1. The van der Waals surface area contributed by atoms with E-state index in [1.54, 1.807) is 17.5 Å². The fourth-order valence-electron chi connectivity index (χ4n) is 3.40. The first-order valence-electron chi connectivity index (χ1n) is 8.53. The van der Waals surface area contributed by atoms with Gasteiger partial charge in [-0.15, -0.1) is 11.3 Å². The third-order valence-corrected chi connectivity index (χ3v) is 5.96. The van der Waals surface area contributed by atoms with Crippen molar-refractivity contribution in [2.45, 2.75) is 51.1 Å². The molecule has 3 rings (SSSR count). The molecule has 1 saturated carbocycles. The molecule has 1 aromatic carbocycles. The van der Waals surface area contributed by atoms with Gasteiger partial charge in [-0.25, -0.2) is 4.98 Å². The van der Waals surface area contributed by atoms with Crippen molar-refractivity contribution >= 4 is 22.9 Å². The maximum absolute atomic E-state index is 13.3. The molecule has 1 aliphatic carbocycles. The third kappa shape index (κ3) is 3.31. The van der Waals surface area contributed by atoms with E-state index in [2.05, 4.69) is 41.5 Å². The summed E-state index contributed by atoms with van der Waals surface area (Å²) in [5, 5.41) is 6.49. The van der Waals surface area contributed by atoms with Crippen molar-refractivity contribution in [3.8, 4) is 0 Å². The highest BCUT2D eigenvalue weighted by Gasteiger charge is 2.44. The smallest absolute Gasteiger partial charge is 0.248 e. The molecule has 1 aliphatic rings. The number of aryl methyl sites for hydroxylation is 1. The topological polar surface area (TPSA) is 45.2 Å². The highest BCUT2D eigenvalue weighted by molar-refractivity contribution is 7.09. The van der Waals surface area contributed by atoms with Gasteiger partial charge < -0.3 is 10.2 Å². The first-order chi connectivity index (χ1) is 11.5. The lowest BCUT2D eigenvalue weighted by Crippen LogP contribution is -2.51. The third-order valence-electron chi connectivity index (χ3n) is 5.01. The lowest BCUT2D eigenvalue weighted by molar-refractivity contribution is -0.136. The molecule has 1 fully saturated rings. The largest absolute Gasteiger partial charge is 0.371 e. The van der Waals surface area contributed by atoms with Gasteiger partial charge in [-0.1, -0.05) is 30.5 Å². The lowest BCUT2D eigenvalue weighted by Gasteiger charge is -2.36. The Kier molecular flexibility index (Phi) is 4.90. The number of carbonyl (C=O) groups excluding carboxylic acids is 1. The van der Waals surface area contributed by atoms with Gasteiger partial charge in [0, 0.05) is 24.3 Å². The van der Waals surface area contributed by atoms with Crippen LogP contribution in [0.5, 0.6) is 0 Å². The molecule has 4 nitrogen and oxygen atoms in total. The van der Waals surface area contributed by atoms with Crippen LogP contribution in [0.2, 0.25) is 0 Å². The Hall–Kier alpha value is -1.88. The van der Waals surface area contributed by atoms with Crippen LogP contribution in [0, 0.1) is 6.92 Å². The summed E-state index contributed by atoms with van der Waals surface area (Å²) in [5.41, 5.74) is 1.75. The Morgan fingerprint density at radius 3 is 2.54 bits per heavy atom. The van der Waals surface area contributed by atoms with Gasteiger partial charge in [0.2, 0.25) is 5.91 Å². The number of hydrogen-bond acceptors (Lipinski definition) is 4. The number of rotatable bonds is 5. The molecule has 1 amide bonds. The van der Waals surface area contributed by atoms with E-state index in [1.807, 2.05) is 24.3 Å². The Morgan fingerprint density at radius 2 is 1.96 bits per heavy atom. The highest BCUT2D eigenvalue weighted by atomic mass is 32.1. The summed E-state index contributed by atoms with van der Waals surface area (Å²) >= 11 is 1.60. The first-order valence-corrected chi connectivity index (χ1v) is 9.41. The van der Waals surface area contributed by atoms with Gasteiger partial charge in [-0.2, -0.15) is 0 Å². The van der Waals surface area contributed by atoms with E-state index in [-0.39, 0.29) is 11.9 Å². The summed E-state index contributed by atoms with van der Waals surface area (Å²) in [6.07, 6.45) is 5.74. The quantitative estimate of drug-likeness (QED) is 0.875. The van der Waals surface area contributed by atoms with Gasteiger partial charge in [0.1, 0.15) is 10.5 Å². The van der Waals surface area contributed by atoms with Gasteiger partial charge in [-0.05, 0) is 38.8 Å². The van der Waals surface area contributed by atoms with Crippen LogP contribution in [0.15, 0.2) is 35.8 Å². The van der Waals surface area contributed by atoms with Crippen molar-refractivity contribution < 1.29 is 4.79 Å². The zero-order valence-corrected chi connectivity index (χ0v) is 15.4. The minimum atomic E-state index is -0.491. The predicted molar refractivity (Wildman–Crippen MR) is 99.3 cm³/mol. The number of thiazole rings is 1. The molecular weight excluding hydrogens is 318 g/mol. The van der Waals surface area contributed by atoms with Crippen molar-refractivity contribution in [2.24, 2.45) is 0 Å². The second-order valence-corrected chi connectivity index (χ2v) is 7.67. The second kappa shape index (κ2) is 6.93. The van der Waals surface area contributed by atoms with Gasteiger partial charge in [-0.3, -0.25) is 4.79 Å². The van der Waals surface area contributed by atoms with Crippen LogP contribution in [0.4, 0.5) is 5.69 Å². The van der Waals surface area contributed by atoms with Crippen LogP contribution in [0.3, 0.4) is 0 Å². The Bertz CT molecular complexity index is 675. The molecule has 0 unspecified atom stereocenters. The van der Waals surface area contributed by atoms with E-state index < -0.39 is 5.54 Å². The average molecular weight is 343 g/mol. The fourth-order valence-corrected chi connectivity index (χ4v) is 4.14. The number of nitrogens with one attached hydrogen (secondary N) is 1. The molecule has 1 heterocycles. The summed E-state index contributed by atoms with van der Waals surface area (Å²) in [4.78, 5) is 19.5. The monoisotopic (exact) mass is 343 g/mol. The molecule has 1 N–H and O–H groups in total. The fraction of sp³-hybridized carbons (Fsp3) is 0.474. The van der Waals surface area contributed by atoms with Crippen LogP contribution in [-0.2, 0) is 4.79 Å². The van der Waals surface area contributed by atoms with E-state index in [4.69, 9.17) is 0 Å². The van der Waals surface area contributed by atoms with Gasteiger partial charge in [0.15, 0.2) is 0 Å². The minimum absolute atomic E-state index is 0.00482. The summed E-state index contributed by atoms with van der Waals surface area (Å²) in [5.74, 6) is 0.170. The normalized spacial score (nSPS) is 17.5. The van der Waals surface area contributed by atoms with E-state index in [9.17, 15) is 4.79 Å². The summed E-state index contributed by atoms with van der Waals surface area (Å²) < 4.78 is 0. The highest BCUT2D eigenvalue weighted by Crippen LogP contribution is 2.36. The molecule has 0 saturated heterocycles. The molecule has 5 heteroatoms. The van der Waals surface area contributed by atoms with Crippen molar-refractivity contribution in [1.82, 2.24) is 9.88 Å². The molecule has 0 aliphatic heterocycles. The van der Waals surface area contributed by atoms with Crippen LogP contribution < -0.4 is 5.32 Å². The van der Waals surface area contributed by atoms with E-state index in [1.165, 1.54) is 5.56 Å². The van der Waals surface area contributed by atoms with Crippen LogP contribution >= 0.6 is 11.3 Å². The van der Waals surface area contributed by atoms with E-state index >= 15 is 0 Å². The number of likely N-dealkylation sites (N-methyl/N-ethyl adjacent to an activating group) is 1. The molecular formula is C19H25N3OS. The minimum Gasteiger partial charge on any atom is -0.371 e. The predicted octanol–water partition coefficient (Wildman–Crippen LogP) is 4.40. The summed E-state index contributed by atoms with van der Waals surface area (Å²) in [6, 6.07) is 8.28. The zero-order chi connectivity index (χ0) is 17.2. The number of benzene rings is 1. The first kappa shape index (κ1) is 17.0. The number of anilines is 1. The number of carbonyl (C=O) groups is 1. The van der Waals surface area contributed by atoms with Crippen LogP contribution in [0.25, 0.3) is 0 Å². The number of hydrogen-bond donors (Lipinski definition) is 1. The van der Waals surface area contributed by atoms with Crippen molar-refractivity contribution in [1.29, 1.82) is 0 Å². The molecule has 1 aromatic heterocycles. The molecule has 0 radical (unpaired) electrons. The van der Waals surface area contributed by atoms with Gasteiger partial charge >= 0.3 is 0 Å². The summed E-state index contributed by atoms with van der Waals surface area (Å²) in [6.45, 7) is 4.12. The molecule has 0 spiro atoms. The zero-order valence-electron chi connectivity index (χ0n) is 14.6. The van der Waals surface area contributed by atoms with Crippen molar-refractivity contribution in [2.75, 3.05) is 12.4 Å². The second-order valence-electron chi connectivity index (χ2n) is 6.74. The van der Waals surface area contributed by atoms with Crippen molar-refractivity contribution in [3.63, 3.8) is 0 Å². The standard InChI is InChI=1S/C19H25N3OS/c1-14-6-8-16(9-7-14)21-19(10-4-5-11-19)18(23)22(3)15(2)17-20-12-13-24-17/h6-9,12-13,15,21H,4-5,10-11H2,1-3H3/t15-/m0/s1.